The van der Waals surface area contributed by atoms with Crippen molar-refractivity contribution in [2.45, 2.75) is 58.3 Å². The molecule has 0 spiro atoms. The summed E-state index contributed by atoms with van der Waals surface area (Å²) in [6.07, 6.45) is 12.4. The van der Waals surface area contributed by atoms with E-state index in [4.69, 9.17) is 0 Å². The van der Waals surface area contributed by atoms with Gasteiger partial charge in [-0.1, -0.05) is 25.7 Å². The molecule has 0 aliphatic heterocycles. The van der Waals surface area contributed by atoms with E-state index in [1.807, 2.05) is 6.20 Å². The van der Waals surface area contributed by atoms with Crippen molar-refractivity contribution >= 4 is 0 Å². The second kappa shape index (κ2) is 5.24. The van der Waals surface area contributed by atoms with Crippen molar-refractivity contribution in [3.05, 3.63) is 23.0 Å². The molecule has 1 aliphatic rings. The van der Waals surface area contributed by atoms with E-state index in [1.165, 1.54) is 61.8 Å². The molecule has 0 radical (unpaired) electrons. The van der Waals surface area contributed by atoms with Crippen LogP contribution in [0.4, 0.5) is 0 Å². The van der Waals surface area contributed by atoms with Crippen molar-refractivity contribution in [3.63, 3.8) is 0 Å². The van der Waals surface area contributed by atoms with Crippen LogP contribution in [0.25, 0.3) is 0 Å². The summed E-state index contributed by atoms with van der Waals surface area (Å²) in [6, 6.07) is 0. The van der Waals surface area contributed by atoms with Gasteiger partial charge in [0.1, 0.15) is 0 Å². The van der Waals surface area contributed by atoms with Crippen LogP contribution in [-0.4, -0.2) is 10.2 Å². The number of aromatic nitrogens is 2. The van der Waals surface area contributed by atoms with E-state index in [0.717, 1.165) is 6.42 Å². The maximum Gasteiger partial charge on any atom is 0.0665 e. The summed E-state index contributed by atoms with van der Waals surface area (Å²) in [5.41, 5.74) is 4.07. The molecule has 15 heavy (non-hydrogen) atoms. The molecule has 1 aromatic rings. The second-order valence-corrected chi connectivity index (χ2v) is 4.57. The van der Waals surface area contributed by atoms with E-state index in [2.05, 4.69) is 17.1 Å². The minimum atomic E-state index is 1.13. The van der Waals surface area contributed by atoms with Crippen molar-refractivity contribution in [2.24, 2.45) is 0 Å². The van der Waals surface area contributed by atoms with Crippen LogP contribution in [0.5, 0.6) is 0 Å². The molecule has 0 atom stereocenters. The molecule has 0 unspecified atom stereocenters. The lowest BCUT2D eigenvalue weighted by molar-refractivity contribution is 0.572. The first kappa shape index (κ1) is 10.6. The molecule has 0 bridgehead atoms. The summed E-state index contributed by atoms with van der Waals surface area (Å²) < 4.78 is 0. The van der Waals surface area contributed by atoms with Gasteiger partial charge in [0.15, 0.2) is 0 Å². The third-order valence-electron chi connectivity index (χ3n) is 3.34. The van der Waals surface area contributed by atoms with Gasteiger partial charge in [-0.2, -0.15) is 10.2 Å². The van der Waals surface area contributed by atoms with Gasteiger partial charge in [0.05, 0.1) is 11.9 Å². The van der Waals surface area contributed by atoms with Crippen LogP contribution in [0.1, 0.15) is 55.3 Å². The molecule has 0 aromatic carbocycles. The molecular formula is C13H20N2. The van der Waals surface area contributed by atoms with Gasteiger partial charge in [0.25, 0.3) is 0 Å². The SMILES string of the molecule is Cc1cnnc2c1CCCCCCCC2. The van der Waals surface area contributed by atoms with Crippen molar-refractivity contribution < 1.29 is 0 Å². The number of hydrogen-bond acceptors (Lipinski definition) is 2. The minimum Gasteiger partial charge on any atom is -0.159 e. The largest absolute Gasteiger partial charge is 0.159 e. The van der Waals surface area contributed by atoms with Gasteiger partial charge in [-0.05, 0) is 43.7 Å². The zero-order valence-corrected chi connectivity index (χ0v) is 9.63. The topological polar surface area (TPSA) is 25.8 Å². The highest BCUT2D eigenvalue weighted by Crippen LogP contribution is 2.19. The Morgan fingerprint density at radius 1 is 0.933 bits per heavy atom. The molecule has 82 valence electrons. The molecule has 2 heteroatoms. The first-order chi connectivity index (χ1) is 7.38. The van der Waals surface area contributed by atoms with Gasteiger partial charge in [-0.15, -0.1) is 0 Å². The van der Waals surface area contributed by atoms with Gasteiger partial charge in [-0.25, -0.2) is 0 Å². The number of rotatable bonds is 0. The van der Waals surface area contributed by atoms with Crippen LogP contribution in [0.15, 0.2) is 6.20 Å². The molecule has 0 saturated carbocycles. The molecule has 1 aliphatic carbocycles. The summed E-state index contributed by atoms with van der Waals surface area (Å²) in [6.45, 7) is 2.17. The monoisotopic (exact) mass is 204 g/mol. The highest BCUT2D eigenvalue weighted by Gasteiger charge is 2.09. The lowest BCUT2D eigenvalue weighted by Crippen LogP contribution is -2.04. The third kappa shape index (κ3) is 2.77. The maximum absolute atomic E-state index is 4.30. The van der Waals surface area contributed by atoms with E-state index in [0.29, 0.717) is 0 Å². The van der Waals surface area contributed by atoms with Gasteiger partial charge in [0, 0.05) is 0 Å². The predicted octanol–water partition coefficient (Wildman–Crippen LogP) is 3.22. The molecule has 0 N–H and O–H groups in total. The Balaban J connectivity index is 2.19. The zero-order chi connectivity index (χ0) is 10.5. The predicted molar refractivity (Wildman–Crippen MR) is 61.9 cm³/mol. The molecule has 0 saturated heterocycles. The lowest BCUT2D eigenvalue weighted by Gasteiger charge is -2.12. The molecule has 2 nitrogen and oxygen atoms in total. The highest BCUT2D eigenvalue weighted by molar-refractivity contribution is 5.27. The van der Waals surface area contributed by atoms with Crippen LogP contribution in [0.2, 0.25) is 0 Å². The summed E-state index contributed by atoms with van der Waals surface area (Å²) in [5, 5.41) is 8.38. The van der Waals surface area contributed by atoms with Gasteiger partial charge in [0.2, 0.25) is 0 Å². The normalized spacial score (nSPS) is 18.2. The van der Waals surface area contributed by atoms with Gasteiger partial charge in [-0.3, -0.25) is 0 Å². The average Bonchev–Trinajstić information content (AvgIpc) is 2.26. The standard InChI is InChI=1S/C13H20N2/c1-11-10-14-15-13-9-7-5-3-2-4-6-8-12(11)13/h10H,2-9H2,1H3. The molecule has 1 heterocycles. The molecule has 2 rings (SSSR count). The van der Waals surface area contributed by atoms with E-state index in [1.54, 1.807) is 0 Å². The van der Waals surface area contributed by atoms with Crippen LogP contribution in [-0.2, 0) is 12.8 Å². The second-order valence-electron chi connectivity index (χ2n) is 4.57. The number of aryl methyl sites for hydroxylation is 2. The Kier molecular flexibility index (Phi) is 3.70. The summed E-state index contributed by atoms with van der Waals surface area (Å²) in [7, 11) is 0. The number of hydrogen-bond donors (Lipinski definition) is 0. The molecule has 0 amide bonds. The Labute approximate surface area is 92.1 Å². The van der Waals surface area contributed by atoms with Crippen molar-refractivity contribution in [3.8, 4) is 0 Å². The fourth-order valence-electron chi connectivity index (χ4n) is 2.39. The molecular weight excluding hydrogens is 184 g/mol. The summed E-state index contributed by atoms with van der Waals surface area (Å²) >= 11 is 0. The summed E-state index contributed by atoms with van der Waals surface area (Å²) in [5.74, 6) is 0. The third-order valence-corrected chi connectivity index (χ3v) is 3.34. The quantitative estimate of drug-likeness (QED) is 0.648. The molecule has 0 fully saturated rings. The van der Waals surface area contributed by atoms with Crippen LogP contribution >= 0.6 is 0 Å². The van der Waals surface area contributed by atoms with Crippen LogP contribution in [0.3, 0.4) is 0 Å². The smallest absolute Gasteiger partial charge is 0.0665 e. The lowest BCUT2D eigenvalue weighted by atomic mass is 9.96. The Bertz CT molecular complexity index is 320. The average molecular weight is 204 g/mol. The van der Waals surface area contributed by atoms with E-state index < -0.39 is 0 Å². The van der Waals surface area contributed by atoms with Crippen molar-refractivity contribution in [1.29, 1.82) is 0 Å². The Hall–Kier alpha value is -0.920. The Morgan fingerprint density at radius 2 is 1.60 bits per heavy atom. The number of nitrogens with zero attached hydrogens (tertiary/aromatic N) is 2. The zero-order valence-electron chi connectivity index (χ0n) is 9.63. The Morgan fingerprint density at radius 3 is 2.40 bits per heavy atom. The van der Waals surface area contributed by atoms with E-state index in [-0.39, 0.29) is 0 Å². The maximum atomic E-state index is 4.30. The fourth-order valence-corrected chi connectivity index (χ4v) is 2.39. The van der Waals surface area contributed by atoms with Crippen molar-refractivity contribution in [2.75, 3.05) is 0 Å². The van der Waals surface area contributed by atoms with Crippen molar-refractivity contribution in [1.82, 2.24) is 10.2 Å². The number of fused-ring (bicyclic) bond motifs is 1. The first-order valence-electron chi connectivity index (χ1n) is 6.18. The van der Waals surface area contributed by atoms with Crippen LogP contribution < -0.4 is 0 Å². The van der Waals surface area contributed by atoms with Gasteiger partial charge >= 0.3 is 0 Å². The summed E-state index contributed by atoms with van der Waals surface area (Å²) in [4.78, 5) is 0. The van der Waals surface area contributed by atoms with E-state index >= 15 is 0 Å². The highest BCUT2D eigenvalue weighted by atomic mass is 15.1. The minimum absolute atomic E-state index is 1.13. The van der Waals surface area contributed by atoms with Gasteiger partial charge < -0.3 is 0 Å². The van der Waals surface area contributed by atoms with E-state index in [9.17, 15) is 0 Å². The first-order valence-corrected chi connectivity index (χ1v) is 6.18. The molecule has 1 aromatic heterocycles. The fraction of sp³-hybridized carbons (Fsp3) is 0.692. The van der Waals surface area contributed by atoms with Crippen LogP contribution in [0, 0.1) is 6.92 Å².